The van der Waals surface area contributed by atoms with E-state index in [4.69, 9.17) is 4.74 Å². The van der Waals surface area contributed by atoms with Crippen molar-refractivity contribution in [1.82, 2.24) is 4.98 Å². The Balaban J connectivity index is 1.31. The van der Waals surface area contributed by atoms with Crippen LogP contribution in [0, 0.1) is 13.8 Å². The number of para-hydroxylation sites is 1. The summed E-state index contributed by atoms with van der Waals surface area (Å²) in [7, 11) is 0. The SMILES string of the molecule is Cc1ccc(NC(=O)CSc2nc3ccc(NC(=O)COc4ccccc4)cc3s2)c(C)c1. The Bertz CT molecular complexity index is 1290. The Kier molecular flexibility index (Phi) is 7.26. The molecular weight excluding hydrogens is 454 g/mol. The van der Waals surface area contributed by atoms with Crippen LogP contribution in [-0.2, 0) is 9.59 Å². The molecule has 0 atom stereocenters. The number of anilines is 2. The number of hydrogen-bond donors (Lipinski definition) is 2. The summed E-state index contributed by atoms with van der Waals surface area (Å²) in [5.74, 6) is 0.611. The Hall–Kier alpha value is -3.36. The highest BCUT2D eigenvalue weighted by Crippen LogP contribution is 2.31. The molecule has 8 heteroatoms. The van der Waals surface area contributed by atoms with Crippen LogP contribution in [0.2, 0.25) is 0 Å². The number of thioether (sulfide) groups is 1. The number of nitrogens with one attached hydrogen (secondary N) is 2. The van der Waals surface area contributed by atoms with E-state index in [2.05, 4.69) is 15.6 Å². The number of amides is 2. The Labute approximate surface area is 200 Å². The lowest BCUT2D eigenvalue weighted by Gasteiger charge is -2.08. The first-order valence-corrected chi connectivity index (χ1v) is 12.1. The first kappa shape index (κ1) is 22.8. The van der Waals surface area contributed by atoms with Crippen LogP contribution < -0.4 is 15.4 Å². The quantitative estimate of drug-likeness (QED) is 0.320. The summed E-state index contributed by atoms with van der Waals surface area (Å²) in [6.45, 7) is 3.94. The normalized spacial score (nSPS) is 10.7. The zero-order chi connectivity index (χ0) is 23.2. The molecule has 0 aliphatic carbocycles. The van der Waals surface area contributed by atoms with Gasteiger partial charge in [0.1, 0.15) is 5.75 Å². The maximum absolute atomic E-state index is 12.4. The molecular formula is C25H23N3O3S2. The van der Waals surface area contributed by atoms with Crippen molar-refractivity contribution in [3.8, 4) is 5.75 Å². The standard InChI is InChI=1S/C25H23N3O3S2/c1-16-8-10-20(17(2)12-16)27-24(30)15-32-25-28-21-11-9-18(13-22(21)33-25)26-23(29)14-31-19-6-4-3-5-7-19/h3-13H,14-15H2,1-2H3,(H,26,29)(H,27,30). The van der Waals surface area contributed by atoms with Crippen molar-refractivity contribution in [3.63, 3.8) is 0 Å². The molecule has 0 aliphatic rings. The van der Waals surface area contributed by atoms with Crippen LogP contribution in [-0.4, -0.2) is 29.2 Å². The van der Waals surface area contributed by atoms with E-state index in [1.165, 1.54) is 23.1 Å². The molecule has 3 aromatic carbocycles. The zero-order valence-electron chi connectivity index (χ0n) is 18.3. The number of carbonyl (C=O) groups is 2. The molecule has 4 rings (SSSR count). The Morgan fingerprint density at radius 3 is 2.58 bits per heavy atom. The van der Waals surface area contributed by atoms with Crippen molar-refractivity contribution in [1.29, 1.82) is 0 Å². The van der Waals surface area contributed by atoms with Gasteiger partial charge in [0.15, 0.2) is 10.9 Å². The van der Waals surface area contributed by atoms with Gasteiger partial charge in [0, 0.05) is 11.4 Å². The fourth-order valence-electron chi connectivity index (χ4n) is 3.17. The van der Waals surface area contributed by atoms with Crippen LogP contribution in [0.5, 0.6) is 5.75 Å². The number of nitrogens with zero attached hydrogens (tertiary/aromatic N) is 1. The number of hydrogen-bond acceptors (Lipinski definition) is 6. The summed E-state index contributed by atoms with van der Waals surface area (Å²) in [6, 6.07) is 20.7. The summed E-state index contributed by atoms with van der Waals surface area (Å²) < 4.78 is 7.22. The van der Waals surface area contributed by atoms with Gasteiger partial charge in [0.05, 0.1) is 16.0 Å². The van der Waals surface area contributed by atoms with Crippen molar-refractivity contribution in [2.24, 2.45) is 0 Å². The van der Waals surface area contributed by atoms with E-state index in [-0.39, 0.29) is 24.2 Å². The largest absolute Gasteiger partial charge is 0.484 e. The average molecular weight is 478 g/mol. The topological polar surface area (TPSA) is 80.3 Å². The second-order valence-corrected chi connectivity index (χ2v) is 9.72. The van der Waals surface area contributed by atoms with Crippen LogP contribution in [0.1, 0.15) is 11.1 Å². The highest BCUT2D eigenvalue weighted by Gasteiger charge is 2.11. The molecule has 0 radical (unpaired) electrons. The zero-order valence-corrected chi connectivity index (χ0v) is 19.9. The molecule has 0 saturated carbocycles. The van der Waals surface area contributed by atoms with Crippen molar-refractivity contribution in [2.45, 2.75) is 18.2 Å². The predicted octanol–water partition coefficient (Wildman–Crippen LogP) is 5.66. The molecule has 0 unspecified atom stereocenters. The fraction of sp³-hybridized carbons (Fsp3) is 0.160. The van der Waals surface area contributed by atoms with Gasteiger partial charge in [-0.05, 0) is 55.8 Å². The predicted molar refractivity (Wildman–Crippen MR) is 135 cm³/mol. The summed E-state index contributed by atoms with van der Waals surface area (Å²) >= 11 is 2.89. The number of ether oxygens (including phenoxy) is 1. The van der Waals surface area contributed by atoms with Crippen LogP contribution in [0.15, 0.2) is 71.1 Å². The number of thiazole rings is 1. The molecule has 6 nitrogen and oxygen atoms in total. The number of rotatable bonds is 8. The molecule has 1 aromatic heterocycles. The molecule has 0 saturated heterocycles. The third kappa shape index (κ3) is 6.34. The lowest BCUT2D eigenvalue weighted by molar-refractivity contribution is -0.118. The van der Waals surface area contributed by atoms with E-state index in [1.54, 1.807) is 12.1 Å². The molecule has 0 spiro atoms. The Morgan fingerprint density at radius 2 is 1.79 bits per heavy atom. The van der Waals surface area contributed by atoms with Gasteiger partial charge < -0.3 is 15.4 Å². The third-order valence-electron chi connectivity index (χ3n) is 4.75. The van der Waals surface area contributed by atoms with E-state index < -0.39 is 0 Å². The summed E-state index contributed by atoms with van der Waals surface area (Å²) in [6.07, 6.45) is 0. The number of aromatic nitrogens is 1. The first-order valence-electron chi connectivity index (χ1n) is 10.3. The minimum absolute atomic E-state index is 0.0680. The third-order valence-corrected chi connectivity index (χ3v) is 6.91. The molecule has 1 heterocycles. The number of fused-ring (bicyclic) bond motifs is 1. The van der Waals surface area contributed by atoms with Gasteiger partial charge in [-0.25, -0.2) is 4.98 Å². The lowest BCUT2D eigenvalue weighted by atomic mass is 10.1. The molecule has 0 aliphatic heterocycles. The Morgan fingerprint density at radius 1 is 0.970 bits per heavy atom. The smallest absolute Gasteiger partial charge is 0.262 e. The molecule has 168 valence electrons. The maximum atomic E-state index is 12.4. The van der Waals surface area contributed by atoms with Crippen LogP contribution in [0.3, 0.4) is 0 Å². The molecule has 0 bridgehead atoms. The van der Waals surface area contributed by atoms with E-state index in [0.717, 1.165) is 31.4 Å². The van der Waals surface area contributed by atoms with Crippen LogP contribution in [0.25, 0.3) is 10.2 Å². The molecule has 0 fully saturated rings. The van der Waals surface area contributed by atoms with Crippen molar-refractivity contribution in [3.05, 3.63) is 77.9 Å². The van der Waals surface area contributed by atoms with Gasteiger partial charge in [-0.2, -0.15) is 0 Å². The van der Waals surface area contributed by atoms with E-state index in [1.807, 2.05) is 68.4 Å². The number of carbonyl (C=O) groups excluding carboxylic acids is 2. The van der Waals surface area contributed by atoms with E-state index in [0.29, 0.717) is 11.4 Å². The maximum Gasteiger partial charge on any atom is 0.262 e. The summed E-state index contributed by atoms with van der Waals surface area (Å²) in [5, 5.41) is 5.80. The second kappa shape index (κ2) is 10.5. The van der Waals surface area contributed by atoms with E-state index >= 15 is 0 Å². The monoisotopic (exact) mass is 477 g/mol. The molecule has 2 amide bonds. The fourth-order valence-corrected chi connectivity index (χ4v) is 5.08. The average Bonchev–Trinajstić information content (AvgIpc) is 3.21. The van der Waals surface area contributed by atoms with Crippen LogP contribution >= 0.6 is 23.1 Å². The highest BCUT2D eigenvalue weighted by molar-refractivity contribution is 8.01. The second-order valence-electron chi connectivity index (χ2n) is 7.47. The van der Waals surface area contributed by atoms with Crippen molar-refractivity contribution < 1.29 is 14.3 Å². The van der Waals surface area contributed by atoms with Gasteiger partial charge in [0.25, 0.3) is 5.91 Å². The van der Waals surface area contributed by atoms with Gasteiger partial charge in [-0.3, -0.25) is 9.59 Å². The van der Waals surface area contributed by atoms with Gasteiger partial charge in [-0.15, -0.1) is 11.3 Å². The molecule has 2 N–H and O–H groups in total. The number of benzene rings is 3. The summed E-state index contributed by atoms with van der Waals surface area (Å²) in [5.41, 5.74) is 4.53. The lowest BCUT2D eigenvalue weighted by Crippen LogP contribution is -2.20. The van der Waals surface area contributed by atoms with Gasteiger partial charge in [-0.1, -0.05) is 47.7 Å². The van der Waals surface area contributed by atoms with Gasteiger partial charge in [0.2, 0.25) is 5.91 Å². The molecule has 33 heavy (non-hydrogen) atoms. The first-order chi connectivity index (χ1) is 16.0. The van der Waals surface area contributed by atoms with Gasteiger partial charge >= 0.3 is 0 Å². The highest BCUT2D eigenvalue weighted by atomic mass is 32.2. The summed E-state index contributed by atoms with van der Waals surface area (Å²) in [4.78, 5) is 29.1. The number of aryl methyl sites for hydroxylation is 2. The van der Waals surface area contributed by atoms with Crippen molar-refractivity contribution in [2.75, 3.05) is 23.0 Å². The minimum Gasteiger partial charge on any atom is -0.484 e. The minimum atomic E-state index is -0.236. The van der Waals surface area contributed by atoms with Crippen LogP contribution in [0.4, 0.5) is 11.4 Å². The molecule has 4 aromatic rings. The van der Waals surface area contributed by atoms with E-state index in [9.17, 15) is 9.59 Å². The van der Waals surface area contributed by atoms with Crippen molar-refractivity contribution >= 4 is 56.5 Å².